The Kier molecular flexibility index (Phi) is 10.2. The number of likely N-dealkylation sites (tertiary alicyclic amines) is 1. The molecule has 0 aromatic carbocycles. The van der Waals surface area contributed by atoms with E-state index in [-0.39, 0.29) is 24.7 Å². The summed E-state index contributed by atoms with van der Waals surface area (Å²) in [5, 5.41) is 31.9. The predicted molar refractivity (Wildman–Crippen MR) is 117 cm³/mol. The van der Waals surface area contributed by atoms with Gasteiger partial charge < -0.3 is 30.3 Å². The van der Waals surface area contributed by atoms with Crippen LogP contribution in [0.25, 0.3) is 0 Å². The molecule has 2 fully saturated rings. The lowest BCUT2D eigenvalue weighted by molar-refractivity contribution is -0.149. The first kappa shape index (κ1) is 25.7. The van der Waals surface area contributed by atoms with Gasteiger partial charge in [0.2, 0.25) is 5.91 Å². The first-order chi connectivity index (χ1) is 14.2. The summed E-state index contributed by atoms with van der Waals surface area (Å²) in [6.45, 7) is 5.59. The Labute approximate surface area is 187 Å². The molecule has 0 aromatic rings. The molecule has 4 N–H and O–H groups in total. The number of halogens is 1. The van der Waals surface area contributed by atoms with Crippen LogP contribution in [0.4, 0.5) is 0 Å². The van der Waals surface area contributed by atoms with E-state index in [1.165, 1.54) is 11.8 Å². The number of rotatable bonds is 9. The van der Waals surface area contributed by atoms with Crippen LogP contribution < -0.4 is 5.32 Å². The van der Waals surface area contributed by atoms with E-state index in [0.717, 1.165) is 19.4 Å². The Morgan fingerprint density at radius 1 is 1.30 bits per heavy atom. The minimum absolute atomic E-state index is 0.0539. The fourth-order valence-electron chi connectivity index (χ4n) is 4.30. The van der Waals surface area contributed by atoms with Gasteiger partial charge in [0.05, 0.1) is 36.0 Å². The zero-order valence-corrected chi connectivity index (χ0v) is 19.4. The van der Waals surface area contributed by atoms with Crippen LogP contribution in [0.15, 0.2) is 0 Å². The number of piperidine rings is 1. The Morgan fingerprint density at radius 3 is 2.57 bits per heavy atom. The molecule has 1 amide bonds. The maximum Gasteiger partial charge on any atom is 0.304 e. The lowest BCUT2D eigenvalue weighted by atomic mass is 9.86. The summed E-state index contributed by atoms with van der Waals surface area (Å²) in [6.07, 6.45) is 1.27. The number of hydrogen-bond acceptors (Lipinski definition) is 7. The van der Waals surface area contributed by atoms with E-state index in [2.05, 4.69) is 17.1 Å². The number of thioether (sulfide) groups is 1. The molecular formula is C20H35ClN2O6S. The van der Waals surface area contributed by atoms with E-state index in [1.807, 2.05) is 0 Å². The quantitative estimate of drug-likeness (QED) is 0.373. The Bertz CT molecular complexity index is 583. The Hall–Kier alpha value is -0.580. The number of nitrogens with zero attached hydrogens (tertiary/aromatic N) is 1. The molecule has 6 unspecified atom stereocenters. The molecule has 8 atom stereocenters. The standard InChI is InChI=1S/C20H35ClN2O6S/c1-4-12-7-13(10-23(9-12)6-5-16(25)26)19(28)22-17(11(2)21)15-8-14(24)18(27)20(29-15)30-3/h11-15,17-18,20,24,27H,4-10H2,1-3H3,(H,22,28)(H,25,26)/t11?,12?,13?,14-,15?,17?,18?,20-/m1/s1. The van der Waals surface area contributed by atoms with Crippen molar-refractivity contribution in [3.8, 4) is 0 Å². The summed E-state index contributed by atoms with van der Waals surface area (Å²) in [5.41, 5.74) is -0.584. The van der Waals surface area contributed by atoms with Crippen LogP contribution in [0.5, 0.6) is 0 Å². The van der Waals surface area contributed by atoms with Crippen LogP contribution >= 0.6 is 23.4 Å². The van der Waals surface area contributed by atoms with Crippen LogP contribution in [0.3, 0.4) is 0 Å². The van der Waals surface area contributed by atoms with Gasteiger partial charge in [0.25, 0.3) is 0 Å². The molecule has 8 nitrogen and oxygen atoms in total. The summed E-state index contributed by atoms with van der Waals surface area (Å²) in [4.78, 5) is 26.1. The predicted octanol–water partition coefficient (Wildman–Crippen LogP) is 1.12. The fraction of sp³-hybridized carbons (Fsp3) is 0.900. The summed E-state index contributed by atoms with van der Waals surface area (Å²) in [7, 11) is 0. The topological polar surface area (TPSA) is 119 Å². The molecule has 2 rings (SSSR count). The number of carboxylic acid groups (broad SMARTS) is 1. The Balaban J connectivity index is 2.05. The van der Waals surface area contributed by atoms with Gasteiger partial charge >= 0.3 is 5.97 Å². The molecule has 2 aliphatic rings. The van der Waals surface area contributed by atoms with Gasteiger partial charge in [-0.3, -0.25) is 9.59 Å². The molecule has 0 bridgehead atoms. The second kappa shape index (κ2) is 11.9. The number of aliphatic hydroxyl groups is 2. The number of aliphatic hydroxyl groups excluding tert-OH is 2. The second-order valence-electron chi connectivity index (χ2n) is 8.39. The number of carbonyl (C=O) groups excluding carboxylic acids is 1. The van der Waals surface area contributed by atoms with Gasteiger partial charge in [-0.05, 0) is 25.5 Å². The van der Waals surface area contributed by atoms with Crippen LogP contribution in [0, 0.1) is 11.8 Å². The molecule has 10 heteroatoms. The van der Waals surface area contributed by atoms with Crippen LogP contribution in [0.2, 0.25) is 0 Å². The second-order valence-corrected chi connectivity index (χ2v) is 10.0. The highest BCUT2D eigenvalue weighted by Gasteiger charge is 2.42. The summed E-state index contributed by atoms with van der Waals surface area (Å²) >= 11 is 7.69. The van der Waals surface area contributed by atoms with Crippen molar-refractivity contribution in [1.82, 2.24) is 10.2 Å². The maximum absolute atomic E-state index is 13.1. The van der Waals surface area contributed by atoms with Gasteiger partial charge in [-0.15, -0.1) is 23.4 Å². The fourth-order valence-corrected chi connectivity index (χ4v) is 5.24. The van der Waals surface area contributed by atoms with Crippen molar-refractivity contribution < 1.29 is 29.6 Å². The highest BCUT2D eigenvalue weighted by Crippen LogP contribution is 2.30. The number of carboxylic acids is 1. The molecule has 2 saturated heterocycles. The third kappa shape index (κ3) is 6.97. The molecule has 0 radical (unpaired) electrons. The minimum Gasteiger partial charge on any atom is -0.481 e. The number of hydrogen-bond donors (Lipinski definition) is 4. The molecule has 0 spiro atoms. The first-order valence-corrected chi connectivity index (χ1v) is 12.3. The highest BCUT2D eigenvalue weighted by atomic mass is 35.5. The largest absolute Gasteiger partial charge is 0.481 e. The van der Waals surface area contributed by atoms with Crippen LogP contribution in [-0.4, -0.2) is 93.2 Å². The number of carbonyl (C=O) groups is 2. The summed E-state index contributed by atoms with van der Waals surface area (Å²) in [5.74, 6) is -0.898. The average Bonchev–Trinajstić information content (AvgIpc) is 2.71. The van der Waals surface area contributed by atoms with Gasteiger partial charge in [0, 0.05) is 26.1 Å². The van der Waals surface area contributed by atoms with Gasteiger partial charge in [-0.1, -0.05) is 13.3 Å². The molecule has 0 aromatic heterocycles. The van der Waals surface area contributed by atoms with E-state index >= 15 is 0 Å². The van der Waals surface area contributed by atoms with Crippen molar-refractivity contribution in [3.05, 3.63) is 0 Å². The molecule has 2 aliphatic heterocycles. The maximum atomic E-state index is 13.1. The van der Waals surface area contributed by atoms with Crippen molar-refractivity contribution >= 4 is 35.2 Å². The lowest BCUT2D eigenvalue weighted by Crippen LogP contribution is -2.58. The van der Waals surface area contributed by atoms with E-state index in [1.54, 1.807) is 13.2 Å². The third-order valence-electron chi connectivity index (χ3n) is 6.10. The van der Waals surface area contributed by atoms with Crippen molar-refractivity contribution in [2.45, 2.75) is 74.7 Å². The third-order valence-corrected chi connectivity index (χ3v) is 7.22. The Morgan fingerprint density at radius 2 is 2.00 bits per heavy atom. The number of ether oxygens (including phenoxy) is 1. The summed E-state index contributed by atoms with van der Waals surface area (Å²) in [6, 6.07) is -0.509. The molecule has 30 heavy (non-hydrogen) atoms. The van der Waals surface area contributed by atoms with Gasteiger partial charge in [-0.25, -0.2) is 0 Å². The van der Waals surface area contributed by atoms with E-state index < -0.39 is 41.1 Å². The van der Waals surface area contributed by atoms with Crippen molar-refractivity contribution in [3.63, 3.8) is 0 Å². The smallest absolute Gasteiger partial charge is 0.304 e. The van der Waals surface area contributed by atoms with Gasteiger partial charge in [0.15, 0.2) is 0 Å². The monoisotopic (exact) mass is 466 g/mol. The molecular weight excluding hydrogens is 432 g/mol. The molecule has 2 heterocycles. The first-order valence-electron chi connectivity index (χ1n) is 10.6. The van der Waals surface area contributed by atoms with Gasteiger partial charge in [0.1, 0.15) is 11.5 Å². The number of nitrogens with one attached hydrogen (secondary N) is 1. The lowest BCUT2D eigenvalue weighted by Gasteiger charge is -2.42. The van der Waals surface area contributed by atoms with Gasteiger partial charge in [-0.2, -0.15) is 0 Å². The number of amides is 1. The minimum atomic E-state index is -0.982. The van der Waals surface area contributed by atoms with Crippen LogP contribution in [0.1, 0.15) is 39.5 Å². The average molecular weight is 467 g/mol. The van der Waals surface area contributed by atoms with E-state index in [4.69, 9.17) is 21.4 Å². The van der Waals surface area contributed by atoms with Crippen molar-refractivity contribution in [1.29, 1.82) is 0 Å². The normalized spacial score (nSPS) is 34.9. The highest BCUT2D eigenvalue weighted by molar-refractivity contribution is 7.99. The van der Waals surface area contributed by atoms with Crippen molar-refractivity contribution in [2.24, 2.45) is 11.8 Å². The number of aliphatic carboxylic acids is 1. The number of alkyl halides is 1. The van der Waals surface area contributed by atoms with E-state index in [9.17, 15) is 19.8 Å². The molecule has 0 aliphatic carbocycles. The zero-order chi connectivity index (χ0) is 22.4. The summed E-state index contributed by atoms with van der Waals surface area (Å²) < 4.78 is 5.94. The van der Waals surface area contributed by atoms with Crippen LogP contribution in [-0.2, 0) is 14.3 Å². The molecule has 174 valence electrons. The van der Waals surface area contributed by atoms with E-state index in [0.29, 0.717) is 19.0 Å². The zero-order valence-electron chi connectivity index (χ0n) is 17.9. The van der Waals surface area contributed by atoms with Crippen molar-refractivity contribution in [2.75, 3.05) is 25.9 Å². The molecule has 0 saturated carbocycles. The SMILES string of the molecule is CCC1CC(C(=O)NC(C(C)Cl)C2C[C@@H](O)C(O)[C@@H](SC)O2)CN(CCC(=O)O)C1.